The maximum Gasteiger partial charge on any atom is 0.119 e. The zero-order chi connectivity index (χ0) is 9.35. The van der Waals surface area contributed by atoms with E-state index in [2.05, 4.69) is 0 Å². The summed E-state index contributed by atoms with van der Waals surface area (Å²) in [5, 5.41) is 9.52. The lowest BCUT2D eigenvalue weighted by Gasteiger charge is -2.20. The van der Waals surface area contributed by atoms with Crippen LogP contribution in [-0.2, 0) is 5.41 Å². The summed E-state index contributed by atoms with van der Waals surface area (Å²) in [6, 6.07) is 5.15. The molecule has 1 aromatic carbocycles. The van der Waals surface area contributed by atoms with E-state index < -0.39 is 0 Å². The molecule has 64 valence electrons. The number of rotatable bonds is 0. The van der Waals surface area contributed by atoms with Crippen LogP contribution in [0.3, 0.4) is 0 Å². The highest BCUT2D eigenvalue weighted by atomic mass is 16.3. The molecule has 0 aliphatic carbocycles. The average Bonchev–Trinajstić information content (AvgIpc) is 1.92. The molecule has 1 nitrogen and oxygen atoms in total. The SMILES string of the molecule is [CH]c1ccc(O)c(C(C)(C)C)c1. The number of hydrogen-bond acceptors (Lipinski definition) is 1. The molecule has 0 aliphatic heterocycles. The van der Waals surface area contributed by atoms with Gasteiger partial charge in [-0.25, -0.2) is 0 Å². The number of phenols is 1. The number of aromatic hydroxyl groups is 1. The van der Waals surface area contributed by atoms with Gasteiger partial charge in [-0.05, 0) is 29.5 Å². The maximum atomic E-state index is 9.52. The molecule has 0 saturated carbocycles. The van der Waals surface area contributed by atoms with E-state index in [9.17, 15) is 5.11 Å². The molecular formula is C11H14O. The fourth-order valence-corrected chi connectivity index (χ4v) is 1.15. The van der Waals surface area contributed by atoms with Gasteiger partial charge in [-0.3, -0.25) is 0 Å². The Morgan fingerprint density at radius 1 is 1.25 bits per heavy atom. The monoisotopic (exact) mass is 162 g/mol. The smallest absolute Gasteiger partial charge is 0.119 e. The first-order valence-electron chi connectivity index (χ1n) is 4.00. The van der Waals surface area contributed by atoms with Crippen LogP contribution in [0.5, 0.6) is 5.75 Å². The minimum Gasteiger partial charge on any atom is -0.508 e. The van der Waals surface area contributed by atoms with Crippen molar-refractivity contribution in [3.8, 4) is 5.75 Å². The molecule has 0 saturated heterocycles. The zero-order valence-electron chi connectivity index (χ0n) is 7.76. The van der Waals surface area contributed by atoms with E-state index in [1.54, 1.807) is 12.1 Å². The van der Waals surface area contributed by atoms with Crippen LogP contribution in [0.4, 0.5) is 0 Å². The largest absolute Gasteiger partial charge is 0.508 e. The van der Waals surface area contributed by atoms with Crippen LogP contribution < -0.4 is 0 Å². The quantitative estimate of drug-likeness (QED) is 0.622. The second-order valence-electron chi connectivity index (χ2n) is 4.03. The fraction of sp³-hybridized carbons (Fsp3) is 0.364. The number of phenolic OH excluding ortho intramolecular Hbond substituents is 1. The van der Waals surface area contributed by atoms with Crippen molar-refractivity contribution in [3.05, 3.63) is 36.2 Å². The summed E-state index contributed by atoms with van der Waals surface area (Å²) < 4.78 is 0. The number of benzene rings is 1. The summed E-state index contributed by atoms with van der Waals surface area (Å²) in [7, 11) is 0. The molecule has 0 heterocycles. The Balaban J connectivity index is 3.23. The summed E-state index contributed by atoms with van der Waals surface area (Å²) in [5.74, 6) is 0.316. The lowest BCUT2D eigenvalue weighted by atomic mass is 9.85. The van der Waals surface area contributed by atoms with Crippen molar-refractivity contribution < 1.29 is 5.11 Å². The van der Waals surface area contributed by atoms with E-state index in [-0.39, 0.29) is 5.41 Å². The van der Waals surface area contributed by atoms with Crippen LogP contribution in [0.25, 0.3) is 0 Å². The molecule has 0 atom stereocenters. The normalized spacial score (nSPS) is 11.7. The fourth-order valence-electron chi connectivity index (χ4n) is 1.15. The molecule has 0 spiro atoms. The van der Waals surface area contributed by atoms with Crippen molar-refractivity contribution >= 4 is 0 Å². The first-order valence-corrected chi connectivity index (χ1v) is 4.00. The summed E-state index contributed by atoms with van der Waals surface area (Å²) in [5.41, 5.74) is 1.53. The Kier molecular flexibility index (Phi) is 2.14. The van der Waals surface area contributed by atoms with Crippen molar-refractivity contribution in [1.82, 2.24) is 0 Å². The van der Waals surface area contributed by atoms with Crippen molar-refractivity contribution in [1.29, 1.82) is 0 Å². The van der Waals surface area contributed by atoms with Crippen LogP contribution >= 0.6 is 0 Å². The molecule has 0 amide bonds. The second-order valence-corrected chi connectivity index (χ2v) is 4.03. The zero-order valence-corrected chi connectivity index (χ0v) is 7.76. The highest BCUT2D eigenvalue weighted by Gasteiger charge is 2.17. The Morgan fingerprint density at radius 3 is 2.25 bits per heavy atom. The summed E-state index contributed by atoms with van der Waals surface area (Å²) in [4.78, 5) is 0. The van der Waals surface area contributed by atoms with Gasteiger partial charge in [-0.1, -0.05) is 32.9 Å². The van der Waals surface area contributed by atoms with Crippen LogP contribution in [0.2, 0.25) is 0 Å². The summed E-state index contributed by atoms with van der Waals surface area (Å²) in [6.07, 6.45) is 0. The Bertz CT molecular complexity index is 282. The molecule has 2 radical (unpaired) electrons. The van der Waals surface area contributed by atoms with Crippen molar-refractivity contribution in [2.45, 2.75) is 26.2 Å². The molecule has 1 aromatic rings. The van der Waals surface area contributed by atoms with Crippen LogP contribution in [0, 0.1) is 6.92 Å². The van der Waals surface area contributed by atoms with E-state index in [1.165, 1.54) is 0 Å². The van der Waals surface area contributed by atoms with Gasteiger partial charge in [-0.15, -0.1) is 0 Å². The number of hydrogen-bond donors (Lipinski definition) is 1. The van der Waals surface area contributed by atoms with Gasteiger partial charge in [-0.2, -0.15) is 0 Å². The summed E-state index contributed by atoms with van der Waals surface area (Å²) in [6.45, 7) is 11.7. The van der Waals surface area contributed by atoms with Gasteiger partial charge in [0.15, 0.2) is 0 Å². The summed E-state index contributed by atoms with van der Waals surface area (Å²) >= 11 is 0. The van der Waals surface area contributed by atoms with Gasteiger partial charge >= 0.3 is 0 Å². The van der Waals surface area contributed by atoms with Crippen molar-refractivity contribution in [3.63, 3.8) is 0 Å². The average molecular weight is 162 g/mol. The molecule has 12 heavy (non-hydrogen) atoms. The predicted octanol–water partition coefficient (Wildman–Crippen LogP) is 2.75. The minimum absolute atomic E-state index is 0.0561. The van der Waals surface area contributed by atoms with Crippen molar-refractivity contribution in [2.75, 3.05) is 0 Å². The molecule has 0 aromatic heterocycles. The minimum atomic E-state index is -0.0561. The van der Waals surface area contributed by atoms with E-state index in [0.717, 1.165) is 5.56 Å². The Morgan fingerprint density at radius 2 is 1.83 bits per heavy atom. The van der Waals surface area contributed by atoms with E-state index >= 15 is 0 Å². The Hall–Kier alpha value is -0.980. The lowest BCUT2D eigenvalue weighted by molar-refractivity contribution is 0.446. The van der Waals surface area contributed by atoms with Gasteiger partial charge in [0, 0.05) is 0 Å². The molecule has 0 aliphatic rings. The highest BCUT2D eigenvalue weighted by Crippen LogP contribution is 2.30. The first kappa shape index (κ1) is 9.11. The first-order chi connectivity index (χ1) is 5.41. The molecular weight excluding hydrogens is 148 g/mol. The topological polar surface area (TPSA) is 20.2 Å². The molecule has 1 N–H and O–H groups in total. The molecule has 0 fully saturated rings. The Labute approximate surface area is 74.1 Å². The molecule has 1 heteroatoms. The van der Waals surface area contributed by atoms with Crippen LogP contribution in [-0.4, -0.2) is 5.11 Å². The van der Waals surface area contributed by atoms with E-state index in [0.29, 0.717) is 11.3 Å². The maximum absolute atomic E-state index is 9.52. The second kappa shape index (κ2) is 2.81. The van der Waals surface area contributed by atoms with E-state index in [4.69, 9.17) is 6.92 Å². The van der Waals surface area contributed by atoms with Gasteiger partial charge < -0.3 is 5.11 Å². The van der Waals surface area contributed by atoms with Gasteiger partial charge in [0.05, 0.1) is 0 Å². The van der Waals surface area contributed by atoms with Gasteiger partial charge in [0.1, 0.15) is 5.75 Å². The third-order valence-corrected chi connectivity index (χ3v) is 1.83. The molecule has 1 rings (SSSR count). The predicted molar refractivity (Wildman–Crippen MR) is 50.2 cm³/mol. The van der Waals surface area contributed by atoms with Crippen LogP contribution in [0.1, 0.15) is 31.9 Å². The van der Waals surface area contributed by atoms with Gasteiger partial charge in [0.25, 0.3) is 0 Å². The highest BCUT2D eigenvalue weighted by molar-refractivity contribution is 5.41. The van der Waals surface area contributed by atoms with Crippen LogP contribution in [0.15, 0.2) is 18.2 Å². The van der Waals surface area contributed by atoms with E-state index in [1.807, 2.05) is 26.8 Å². The standard InChI is InChI=1S/C11H14O/c1-8-5-6-10(12)9(7-8)11(2,3)4/h1,5-7,12H,2-4H3. The third kappa shape index (κ3) is 1.79. The van der Waals surface area contributed by atoms with Gasteiger partial charge in [0.2, 0.25) is 0 Å². The van der Waals surface area contributed by atoms with Crippen molar-refractivity contribution in [2.24, 2.45) is 0 Å². The third-order valence-electron chi connectivity index (χ3n) is 1.83. The molecule has 0 unspecified atom stereocenters. The lowest BCUT2D eigenvalue weighted by Crippen LogP contribution is -2.11. The molecule has 0 bridgehead atoms.